The van der Waals surface area contributed by atoms with Crippen LogP contribution < -0.4 is 10.9 Å². The van der Waals surface area contributed by atoms with Gasteiger partial charge in [-0.1, -0.05) is 19.9 Å². The van der Waals surface area contributed by atoms with Crippen molar-refractivity contribution in [3.05, 3.63) is 92.1 Å². The molecular formula is C25H25N5O3S. The van der Waals surface area contributed by atoms with Crippen LogP contribution in [0, 0.1) is 0 Å². The minimum Gasteiger partial charge on any atom is -0.478 e. The molecular weight excluding hydrogens is 450 g/mol. The summed E-state index contributed by atoms with van der Waals surface area (Å²) < 4.78 is 1.43. The number of fused-ring (bicyclic) bond motifs is 1. The fraction of sp³-hybridized carbons (Fsp3) is 0.240. The average molecular weight is 476 g/mol. The molecule has 4 heterocycles. The molecule has 9 heteroatoms. The second kappa shape index (κ2) is 10.4. The van der Waals surface area contributed by atoms with E-state index in [0.29, 0.717) is 23.9 Å². The van der Waals surface area contributed by atoms with Crippen LogP contribution in [0.4, 0.5) is 5.82 Å². The molecule has 8 nitrogen and oxygen atoms in total. The van der Waals surface area contributed by atoms with Gasteiger partial charge >= 0.3 is 5.97 Å². The maximum absolute atomic E-state index is 13.1. The van der Waals surface area contributed by atoms with Crippen LogP contribution in [0.3, 0.4) is 0 Å². The molecule has 0 amide bonds. The van der Waals surface area contributed by atoms with Gasteiger partial charge in [-0.2, -0.15) is 0 Å². The van der Waals surface area contributed by atoms with Crippen molar-refractivity contribution >= 4 is 34.8 Å². The van der Waals surface area contributed by atoms with Gasteiger partial charge in [0.15, 0.2) is 0 Å². The Kier molecular flexibility index (Phi) is 7.12. The number of thiazole rings is 1. The van der Waals surface area contributed by atoms with E-state index in [1.165, 1.54) is 10.5 Å². The van der Waals surface area contributed by atoms with Crippen molar-refractivity contribution in [2.75, 3.05) is 5.32 Å². The number of nitrogens with one attached hydrogen (secondary N) is 1. The van der Waals surface area contributed by atoms with E-state index in [-0.39, 0.29) is 11.1 Å². The zero-order valence-electron chi connectivity index (χ0n) is 18.9. The Balaban J connectivity index is 1.64. The number of carboxylic acids is 1. The first-order valence-electron chi connectivity index (χ1n) is 10.9. The quantitative estimate of drug-likeness (QED) is 0.350. The van der Waals surface area contributed by atoms with Gasteiger partial charge in [-0.15, -0.1) is 11.3 Å². The smallest absolute Gasteiger partial charge is 0.328 e. The normalized spacial score (nSPS) is 11.5. The first-order chi connectivity index (χ1) is 16.4. The van der Waals surface area contributed by atoms with Gasteiger partial charge in [-0.3, -0.25) is 14.2 Å². The lowest BCUT2D eigenvalue weighted by Crippen LogP contribution is -2.21. The molecule has 0 unspecified atom stereocenters. The van der Waals surface area contributed by atoms with Crippen LogP contribution in [0.5, 0.6) is 0 Å². The Hall–Kier alpha value is -3.85. The van der Waals surface area contributed by atoms with Gasteiger partial charge < -0.3 is 10.4 Å². The second-order valence-corrected chi connectivity index (χ2v) is 9.05. The van der Waals surface area contributed by atoms with Crippen molar-refractivity contribution in [2.45, 2.75) is 39.2 Å². The van der Waals surface area contributed by atoms with Gasteiger partial charge in [-0.25, -0.2) is 14.8 Å². The summed E-state index contributed by atoms with van der Waals surface area (Å²) in [7, 11) is 0. The third kappa shape index (κ3) is 5.55. The van der Waals surface area contributed by atoms with Crippen LogP contribution in [0.1, 0.15) is 47.3 Å². The highest BCUT2D eigenvalue weighted by molar-refractivity contribution is 7.09. The number of rotatable bonds is 9. The Bertz CT molecular complexity index is 1390. The fourth-order valence-electron chi connectivity index (χ4n) is 3.42. The molecule has 4 rings (SSSR count). The highest BCUT2D eigenvalue weighted by Gasteiger charge is 2.13. The van der Waals surface area contributed by atoms with Crippen LogP contribution in [-0.2, 0) is 24.2 Å². The highest BCUT2D eigenvalue weighted by Crippen LogP contribution is 2.20. The number of anilines is 1. The first-order valence-corrected chi connectivity index (χ1v) is 11.8. The summed E-state index contributed by atoms with van der Waals surface area (Å²) in [5, 5.41) is 15.4. The molecule has 0 saturated heterocycles. The molecule has 0 aliphatic rings. The Morgan fingerprint density at radius 2 is 2.09 bits per heavy atom. The lowest BCUT2D eigenvalue weighted by molar-refractivity contribution is -0.131. The molecule has 0 spiro atoms. The standard InChI is InChI=1S/C25H25N5O3S/c1-16(2)20-15-34-22(28-20)8-6-17-10-12-30-21(13-17)29-24(19(25(30)33)7-9-23(31)32)27-14-18-5-3-4-11-26-18/h3-5,7,9-13,15-16,27H,6,8,14H2,1-2H3,(H,31,32)/b9-7+. The molecule has 0 aromatic carbocycles. The zero-order valence-corrected chi connectivity index (χ0v) is 19.7. The number of carbonyl (C=O) groups is 1. The van der Waals surface area contributed by atoms with Crippen molar-refractivity contribution in [2.24, 2.45) is 0 Å². The summed E-state index contributed by atoms with van der Waals surface area (Å²) >= 11 is 1.67. The predicted molar refractivity (Wildman–Crippen MR) is 133 cm³/mol. The molecule has 0 bridgehead atoms. The summed E-state index contributed by atoms with van der Waals surface area (Å²) in [4.78, 5) is 37.8. The van der Waals surface area contributed by atoms with E-state index >= 15 is 0 Å². The third-order valence-corrected chi connectivity index (χ3v) is 6.20. The van der Waals surface area contributed by atoms with Crippen molar-refractivity contribution in [1.82, 2.24) is 19.4 Å². The van der Waals surface area contributed by atoms with Gasteiger partial charge in [0, 0.05) is 30.3 Å². The number of pyridine rings is 2. The maximum atomic E-state index is 13.1. The molecule has 0 atom stereocenters. The summed E-state index contributed by atoms with van der Waals surface area (Å²) in [6.07, 6.45) is 7.15. The molecule has 4 aromatic heterocycles. The number of aliphatic carboxylic acids is 1. The minimum atomic E-state index is -1.14. The van der Waals surface area contributed by atoms with E-state index in [4.69, 9.17) is 10.1 Å². The first kappa shape index (κ1) is 23.3. The van der Waals surface area contributed by atoms with Crippen molar-refractivity contribution in [3.8, 4) is 0 Å². The van der Waals surface area contributed by atoms with Crippen molar-refractivity contribution in [1.29, 1.82) is 0 Å². The number of hydrogen-bond acceptors (Lipinski definition) is 7. The summed E-state index contributed by atoms with van der Waals surface area (Å²) in [6, 6.07) is 9.32. The van der Waals surface area contributed by atoms with Gasteiger partial charge in [0.05, 0.1) is 28.5 Å². The van der Waals surface area contributed by atoms with Crippen LogP contribution >= 0.6 is 11.3 Å². The lowest BCUT2D eigenvalue weighted by atomic mass is 10.1. The molecule has 0 radical (unpaired) electrons. The predicted octanol–water partition coefficient (Wildman–Crippen LogP) is 4.16. The van der Waals surface area contributed by atoms with Crippen molar-refractivity contribution in [3.63, 3.8) is 0 Å². The fourth-order valence-corrected chi connectivity index (χ4v) is 4.38. The Labute approximate surface area is 200 Å². The number of hydrogen-bond donors (Lipinski definition) is 2. The number of aryl methyl sites for hydroxylation is 2. The molecule has 4 aromatic rings. The van der Waals surface area contributed by atoms with E-state index in [1.54, 1.807) is 23.7 Å². The molecule has 0 aliphatic carbocycles. The van der Waals surface area contributed by atoms with Gasteiger partial charge in [0.25, 0.3) is 5.56 Å². The van der Waals surface area contributed by atoms with E-state index in [2.05, 4.69) is 34.5 Å². The van der Waals surface area contributed by atoms with E-state index < -0.39 is 5.97 Å². The minimum absolute atomic E-state index is 0.174. The molecule has 2 N–H and O–H groups in total. The zero-order chi connectivity index (χ0) is 24.1. The monoisotopic (exact) mass is 475 g/mol. The van der Waals surface area contributed by atoms with Gasteiger partial charge in [0.2, 0.25) is 0 Å². The molecule has 34 heavy (non-hydrogen) atoms. The topological polar surface area (TPSA) is 109 Å². The average Bonchev–Trinajstić information content (AvgIpc) is 3.31. The Morgan fingerprint density at radius 3 is 2.79 bits per heavy atom. The lowest BCUT2D eigenvalue weighted by Gasteiger charge is -2.11. The third-order valence-electron chi connectivity index (χ3n) is 5.27. The Morgan fingerprint density at radius 1 is 1.24 bits per heavy atom. The molecule has 0 aliphatic heterocycles. The van der Waals surface area contributed by atoms with Gasteiger partial charge in [-0.05, 0) is 48.2 Å². The van der Waals surface area contributed by atoms with E-state index in [9.17, 15) is 9.59 Å². The summed E-state index contributed by atoms with van der Waals surface area (Å²) in [5.41, 5.74) is 3.23. The van der Waals surface area contributed by atoms with E-state index in [1.807, 2.05) is 30.3 Å². The van der Waals surface area contributed by atoms with Gasteiger partial charge in [0.1, 0.15) is 11.5 Å². The second-order valence-electron chi connectivity index (χ2n) is 8.11. The SMILES string of the molecule is CC(C)c1csc(CCc2ccn3c(=O)c(/C=C/C(=O)O)c(NCc4ccccn4)nc3c2)n1. The summed E-state index contributed by atoms with van der Waals surface area (Å²) in [5.74, 6) is -0.423. The number of carboxylic acid groups (broad SMARTS) is 1. The van der Waals surface area contributed by atoms with Crippen molar-refractivity contribution < 1.29 is 9.90 Å². The molecule has 0 fully saturated rings. The summed E-state index contributed by atoms with van der Waals surface area (Å²) in [6.45, 7) is 4.61. The highest BCUT2D eigenvalue weighted by atomic mass is 32.1. The van der Waals surface area contributed by atoms with Crippen LogP contribution in [0.15, 0.2) is 59.0 Å². The maximum Gasteiger partial charge on any atom is 0.328 e. The molecule has 174 valence electrons. The number of nitrogens with zero attached hydrogens (tertiary/aromatic N) is 4. The van der Waals surface area contributed by atoms with Crippen LogP contribution in [-0.4, -0.2) is 30.4 Å². The molecule has 0 saturated carbocycles. The van der Waals surface area contributed by atoms with Crippen LogP contribution in [0.25, 0.3) is 11.7 Å². The van der Waals surface area contributed by atoms with E-state index in [0.717, 1.165) is 40.9 Å². The number of aromatic nitrogens is 4. The van der Waals surface area contributed by atoms with Crippen LogP contribution in [0.2, 0.25) is 0 Å². The largest absolute Gasteiger partial charge is 0.478 e.